The van der Waals surface area contributed by atoms with Gasteiger partial charge in [-0.15, -0.1) is 11.8 Å². The highest BCUT2D eigenvalue weighted by atomic mass is 32.2. The molecule has 0 aliphatic heterocycles. The third kappa shape index (κ3) is 2.92. The lowest BCUT2D eigenvalue weighted by molar-refractivity contribution is 0.288. The number of thioether (sulfide) groups is 1. The summed E-state index contributed by atoms with van der Waals surface area (Å²) in [4.78, 5) is 1.34. The maximum absolute atomic E-state index is 6.68. The number of nitrogens with two attached hydrogens (primary N) is 1. The smallest absolute Gasteiger partial charge is 0.124 e. The summed E-state index contributed by atoms with van der Waals surface area (Å²) in [5.41, 5.74) is 9.05. The number of benzene rings is 1. The number of hydrogen-bond donors (Lipinski definition) is 1. The van der Waals surface area contributed by atoms with Gasteiger partial charge in [0.2, 0.25) is 0 Å². The first-order chi connectivity index (χ1) is 9.14. The summed E-state index contributed by atoms with van der Waals surface area (Å²) in [5.74, 6) is 0.971. The van der Waals surface area contributed by atoms with Gasteiger partial charge in [-0.2, -0.15) is 0 Å². The Kier molecular flexibility index (Phi) is 4.80. The molecule has 2 rings (SSSR count). The molecule has 1 saturated carbocycles. The first-order valence-electron chi connectivity index (χ1n) is 7.19. The topological polar surface area (TPSA) is 35.2 Å². The predicted molar refractivity (Wildman–Crippen MR) is 83.1 cm³/mol. The van der Waals surface area contributed by atoms with E-state index in [2.05, 4.69) is 25.3 Å². The molecule has 0 bridgehead atoms. The summed E-state index contributed by atoms with van der Waals surface area (Å²) in [7, 11) is 1.75. The molecule has 0 atom stereocenters. The second-order valence-electron chi connectivity index (χ2n) is 5.43. The van der Waals surface area contributed by atoms with E-state index in [0.717, 1.165) is 25.0 Å². The molecule has 0 heterocycles. The highest BCUT2D eigenvalue weighted by molar-refractivity contribution is 7.98. The molecule has 1 aliphatic carbocycles. The molecule has 0 radical (unpaired) electrons. The summed E-state index contributed by atoms with van der Waals surface area (Å²) < 4.78 is 5.62. The molecule has 0 saturated heterocycles. The maximum atomic E-state index is 6.68. The van der Waals surface area contributed by atoms with Gasteiger partial charge in [-0.05, 0) is 43.2 Å². The summed E-state index contributed by atoms with van der Waals surface area (Å²) in [6.07, 6.45) is 9.07. The lowest BCUT2D eigenvalue weighted by Gasteiger charge is -2.35. The fraction of sp³-hybridized carbons (Fsp3) is 0.625. The average Bonchev–Trinajstić information content (AvgIpc) is 2.46. The summed E-state index contributed by atoms with van der Waals surface area (Å²) in [6.45, 7) is 2.19. The van der Waals surface area contributed by atoms with Crippen molar-refractivity contribution < 1.29 is 4.74 Å². The van der Waals surface area contributed by atoms with Crippen molar-refractivity contribution in [3.05, 3.63) is 23.3 Å². The van der Waals surface area contributed by atoms with Crippen molar-refractivity contribution in [1.82, 2.24) is 0 Å². The zero-order chi connectivity index (χ0) is 13.9. The van der Waals surface area contributed by atoms with Gasteiger partial charge in [0.15, 0.2) is 0 Å². The summed E-state index contributed by atoms with van der Waals surface area (Å²) in [6, 6.07) is 4.46. The molecule has 1 aliphatic rings. The van der Waals surface area contributed by atoms with Gasteiger partial charge in [-0.1, -0.05) is 26.2 Å². The molecule has 0 amide bonds. The van der Waals surface area contributed by atoms with E-state index >= 15 is 0 Å². The predicted octanol–water partition coefficient (Wildman–Crippen LogP) is 4.10. The van der Waals surface area contributed by atoms with E-state index < -0.39 is 0 Å². The molecule has 19 heavy (non-hydrogen) atoms. The minimum Gasteiger partial charge on any atom is -0.496 e. The van der Waals surface area contributed by atoms with Gasteiger partial charge in [-0.3, -0.25) is 0 Å². The number of hydrogen-bond acceptors (Lipinski definition) is 3. The van der Waals surface area contributed by atoms with Crippen LogP contribution in [0.25, 0.3) is 0 Å². The third-order valence-electron chi connectivity index (χ3n) is 4.27. The molecule has 1 aromatic rings. The van der Waals surface area contributed by atoms with Crippen molar-refractivity contribution in [2.45, 2.75) is 55.9 Å². The van der Waals surface area contributed by atoms with Crippen LogP contribution in [0.2, 0.25) is 0 Å². The molecule has 0 unspecified atom stereocenters. The lowest BCUT2D eigenvalue weighted by Crippen LogP contribution is -2.39. The molecule has 1 fully saturated rings. The van der Waals surface area contributed by atoms with Gasteiger partial charge in [0.1, 0.15) is 5.75 Å². The van der Waals surface area contributed by atoms with Crippen LogP contribution in [0.15, 0.2) is 17.0 Å². The van der Waals surface area contributed by atoms with Crippen LogP contribution in [0.3, 0.4) is 0 Å². The van der Waals surface area contributed by atoms with Gasteiger partial charge in [0.25, 0.3) is 0 Å². The first-order valence-corrected chi connectivity index (χ1v) is 8.41. The number of rotatable bonds is 4. The monoisotopic (exact) mass is 279 g/mol. The molecule has 1 aromatic carbocycles. The molecular formula is C16H25NOS. The van der Waals surface area contributed by atoms with Crippen LogP contribution in [-0.4, -0.2) is 13.4 Å². The van der Waals surface area contributed by atoms with Crippen molar-refractivity contribution in [2.24, 2.45) is 5.73 Å². The van der Waals surface area contributed by atoms with E-state index in [4.69, 9.17) is 10.5 Å². The Morgan fingerprint density at radius 2 is 1.95 bits per heavy atom. The second kappa shape index (κ2) is 6.19. The fourth-order valence-electron chi connectivity index (χ4n) is 3.08. The Labute approximate surface area is 121 Å². The Morgan fingerprint density at radius 3 is 2.47 bits per heavy atom. The Balaban J connectivity index is 2.48. The first kappa shape index (κ1) is 14.7. The van der Waals surface area contributed by atoms with Gasteiger partial charge < -0.3 is 10.5 Å². The molecule has 0 spiro atoms. The van der Waals surface area contributed by atoms with E-state index in [1.807, 2.05) is 0 Å². The van der Waals surface area contributed by atoms with Crippen LogP contribution in [0.5, 0.6) is 5.75 Å². The Hall–Kier alpha value is -0.670. The SMILES string of the molecule is CCc1cc(OC)c(C2(N)CCCCC2)cc1SC. The standard InChI is InChI=1S/C16H25NOS/c1-4-12-10-14(18-2)13(11-15(12)19-3)16(17)8-6-5-7-9-16/h10-11H,4-9,17H2,1-3H3. The van der Waals surface area contributed by atoms with E-state index in [1.165, 1.54) is 35.3 Å². The van der Waals surface area contributed by atoms with Crippen molar-refractivity contribution in [1.29, 1.82) is 0 Å². The zero-order valence-corrected chi connectivity index (χ0v) is 13.1. The van der Waals surface area contributed by atoms with Gasteiger partial charge in [0.05, 0.1) is 7.11 Å². The molecule has 106 valence electrons. The molecule has 2 nitrogen and oxygen atoms in total. The lowest BCUT2D eigenvalue weighted by atomic mass is 9.77. The minimum atomic E-state index is -0.194. The van der Waals surface area contributed by atoms with Gasteiger partial charge >= 0.3 is 0 Å². The molecular weight excluding hydrogens is 254 g/mol. The Morgan fingerprint density at radius 1 is 1.26 bits per heavy atom. The van der Waals surface area contributed by atoms with Crippen molar-refractivity contribution in [2.75, 3.05) is 13.4 Å². The molecule has 3 heteroatoms. The maximum Gasteiger partial charge on any atom is 0.124 e. The average molecular weight is 279 g/mol. The highest BCUT2D eigenvalue weighted by Crippen LogP contribution is 2.41. The number of ether oxygens (including phenoxy) is 1. The van der Waals surface area contributed by atoms with E-state index in [-0.39, 0.29) is 5.54 Å². The molecule has 2 N–H and O–H groups in total. The summed E-state index contributed by atoms with van der Waals surface area (Å²) in [5, 5.41) is 0. The highest BCUT2D eigenvalue weighted by Gasteiger charge is 2.32. The number of methoxy groups -OCH3 is 1. The van der Waals surface area contributed by atoms with Crippen LogP contribution in [0, 0.1) is 0 Å². The van der Waals surface area contributed by atoms with Crippen LogP contribution in [-0.2, 0) is 12.0 Å². The van der Waals surface area contributed by atoms with Crippen LogP contribution in [0.4, 0.5) is 0 Å². The van der Waals surface area contributed by atoms with E-state index in [0.29, 0.717) is 0 Å². The third-order valence-corrected chi connectivity index (χ3v) is 5.09. The largest absolute Gasteiger partial charge is 0.496 e. The second-order valence-corrected chi connectivity index (χ2v) is 6.28. The van der Waals surface area contributed by atoms with Gasteiger partial charge in [0, 0.05) is 16.0 Å². The van der Waals surface area contributed by atoms with Crippen molar-refractivity contribution in [3.63, 3.8) is 0 Å². The zero-order valence-electron chi connectivity index (χ0n) is 12.3. The minimum absolute atomic E-state index is 0.194. The van der Waals surface area contributed by atoms with Crippen molar-refractivity contribution >= 4 is 11.8 Å². The normalized spacial score (nSPS) is 18.3. The molecule has 0 aromatic heterocycles. The van der Waals surface area contributed by atoms with E-state index in [9.17, 15) is 0 Å². The van der Waals surface area contributed by atoms with Crippen LogP contribution < -0.4 is 10.5 Å². The van der Waals surface area contributed by atoms with Crippen LogP contribution >= 0.6 is 11.8 Å². The van der Waals surface area contributed by atoms with E-state index in [1.54, 1.807) is 18.9 Å². The fourth-order valence-corrected chi connectivity index (χ4v) is 3.78. The van der Waals surface area contributed by atoms with Gasteiger partial charge in [-0.25, -0.2) is 0 Å². The van der Waals surface area contributed by atoms with Crippen LogP contribution in [0.1, 0.15) is 50.2 Å². The number of aryl methyl sites for hydroxylation is 1. The summed E-state index contributed by atoms with van der Waals surface area (Å²) >= 11 is 1.80. The Bertz CT molecular complexity index is 439. The quantitative estimate of drug-likeness (QED) is 0.843. The van der Waals surface area contributed by atoms with Crippen molar-refractivity contribution in [3.8, 4) is 5.75 Å².